The normalized spacial score (nSPS) is 20.3. The zero-order valence-corrected chi connectivity index (χ0v) is 21.5. The average molecular weight is 509 g/mol. The Morgan fingerprint density at radius 2 is 1.81 bits per heavy atom. The molecule has 3 heterocycles. The number of nitrogens with zero attached hydrogens (tertiary/aromatic N) is 3. The largest absolute Gasteiger partial charge is 0.456 e. The Morgan fingerprint density at radius 1 is 1.03 bits per heavy atom. The number of ether oxygens (including phenoxy) is 2. The zero-order valence-electron chi connectivity index (χ0n) is 20.7. The van der Waals surface area contributed by atoms with Gasteiger partial charge in [-0.3, -0.25) is 9.55 Å². The monoisotopic (exact) mass is 508 g/mol. The molecule has 1 aliphatic carbocycles. The van der Waals surface area contributed by atoms with Crippen LogP contribution in [0.5, 0.6) is 0 Å². The van der Waals surface area contributed by atoms with Crippen LogP contribution in [0.4, 0.5) is 0 Å². The SMILES string of the molecule is Cc1cccc(-c2cnc(C3CCC(CNS(C)(=O)=O)CC3)n2C2=C(Cc3ccccc3)OCO2)n1. The summed E-state index contributed by atoms with van der Waals surface area (Å²) in [5, 5.41) is 0. The van der Waals surface area contributed by atoms with E-state index in [0.717, 1.165) is 59.9 Å². The van der Waals surface area contributed by atoms with E-state index >= 15 is 0 Å². The predicted molar refractivity (Wildman–Crippen MR) is 138 cm³/mol. The van der Waals surface area contributed by atoms with Crippen molar-refractivity contribution in [2.24, 2.45) is 5.92 Å². The first-order valence-corrected chi connectivity index (χ1v) is 14.3. The van der Waals surface area contributed by atoms with E-state index < -0.39 is 10.0 Å². The number of sulfonamides is 1. The van der Waals surface area contributed by atoms with Crippen molar-refractivity contribution in [2.75, 3.05) is 19.6 Å². The summed E-state index contributed by atoms with van der Waals surface area (Å²) >= 11 is 0. The Hall–Kier alpha value is -3.17. The van der Waals surface area contributed by atoms with Crippen LogP contribution in [0.2, 0.25) is 0 Å². The molecular weight excluding hydrogens is 476 g/mol. The van der Waals surface area contributed by atoms with Crippen molar-refractivity contribution < 1.29 is 17.9 Å². The quantitative estimate of drug-likeness (QED) is 0.483. The van der Waals surface area contributed by atoms with E-state index in [-0.39, 0.29) is 12.7 Å². The van der Waals surface area contributed by atoms with Gasteiger partial charge in [0.05, 0.1) is 23.8 Å². The molecule has 2 aliphatic rings. The first-order valence-electron chi connectivity index (χ1n) is 12.4. The van der Waals surface area contributed by atoms with Crippen LogP contribution >= 0.6 is 0 Å². The molecule has 36 heavy (non-hydrogen) atoms. The number of benzene rings is 1. The minimum atomic E-state index is -3.18. The number of allylic oxidation sites excluding steroid dienone is 1. The van der Waals surface area contributed by atoms with E-state index in [4.69, 9.17) is 19.4 Å². The van der Waals surface area contributed by atoms with E-state index in [1.807, 2.05) is 49.5 Å². The van der Waals surface area contributed by atoms with Crippen LogP contribution in [0.25, 0.3) is 17.3 Å². The number of imidazole rings is 1. The summed E-state index contributed by atoms with van der Waals surface area (Å²) in [6.45, 7) is 2.63. The number of hydrogen-bond donors (Lipinski definition) is 1. The van der Waals surface area contributed by atoms with Gasteiger partial charge in [0.2, 0.25) is 22.7 Å². The highest BCUT2D eigenvalue weighted by Crippen LogP contribution is 2.39. The Balaban J connectivity index is 1.48. The predicted octanol–water partition coefficient (Wildman–Crippen LogP) is 4.45. The number of aromatic nitrogens is 3. The van der Waals surface area contributed by atoms with Gasteiger partial charge in [0, 0.05) is 24.6 Å². The molecule has 0 amide bonds. The van der Waals surface area contributed by atoms with Crippen LogP contribution in [0.3, 0.4) is 0 Å². The molecule has 1 aromatic carbocycles. The highest BCUT2D eigenvalue weighted by molar-refractivity contribution is 7.88. The van der Waals surface area contributed by atoms with Gasteiger partial charge in [-0.1, -0.05) is 36.4 Å². The van der Waals surface area contributed by atoms with Gasteiger partial charge in [0.15, 0.2) is 5.76 Å². The van der Waals surface area contributed by atoms with Gasteiger partial charge >= 0.3 is 0 Å². The van der Waals surface area contributed by atoms with Crippen LogP contribution < -0.4 is 4.72 Å². The first kappa shape index (κ1) is 24.5. The highest BCUT2D eigenvalue weighted by Gasteiger charge is 2.31. The molecule has 0 bridgehead atoms. The van der Waals surface area contributed by atoms with Gasteiger partial charge in [-0.25, -0.2) is 18.1 Å². The second-order valence-electron chi connectivity index (χ2n) is 9.64. The highest BCUT2D eigenvalue weighted by atomic mass is 32.2. The van der Waals surface area contributed by atoms with Gasteiger partial charge in [-0.2, -0.15) is 0 Å². The van der Waals surface area contributed by atoms with Crippen molar-refractivity contribution in [3.8, 4) is 11.4 Å². The molecule has 8 nitrogen and oxygen atoms in total. The fourth-order valence-corrected chi connectivity index (χ4v) is 5.56. The van der Waals surface area contributed by atoms with Crippen molar-refractivity contribution >= 4 is 15.9 Å². The number of nitrogens with one attached hydrogen (secondary N) is 1. The molecule has 1 aliphatic heterocycles. The molecule has 190 valence electrons. The van der Waals surface area contributed by atoms with Crippen LogP contribution in [-0.4, -0.2) is 42.5 Å². The zero-order chi connectivity index (χ0) is 25.1. The Morgan fingerprint density at radius 3 is 2.53 bits per heavy atom. The molecule has 3 aromatic rings. The average Bonchev–Trinajstić information content (AvgIpc) is 3.50. The fourth-order valence-electron chi connectivity index (χ4n) is 5.02. The first-order chi connectivity index (χ1) is 17.4. The van der Waals surface area contributed by atoms with Gasteiger partial charge in [-0.15, -0.1) is 0 Å². The van der Waals surface area contributed by atoms with E-state index in [0.29, 0.717) is 24.8 Å². The fraction of sp³-hybridized carbons (Fsp3) is 0.407. The summed E-state index contributed by atoms with van der Waals surface area (Å²) < 4.78 is 39.8. The Labute approximate surface area is 212 Å². The molecular formula is C27H32N4O4S. The molecule has 2 aromatic heterocycles. The smallest absolute Gasteiger partial charge is 0.242 e. The molecule has 1 saturated carbocycles. The third kappa shape index (κ3) is 5.63. The molecule has 0 unspecified atom stereocenters. The minimum absolute atomic E-state index is 0.166. The van der Waals surface area contributed by atoms with Crippen LogP contribution in [0.1, 0.15) is 48.7 Å². The number of rotatable bonds is 8. The van der Waals surface area contributed by atoms with E-state index in [1.165, 1.54) is 6.26 Å². The third-order valence-corrected chi connectivity index (χ3v) is 7.55. The van der Waals surface area contributed by atoms with Gasteiger partial charge in [-0.05, 0) is 56.2 Å². The summed E-state index contributed by atoms with van der Waals surface area (Å²) in [5.41, 5.74) is 3.79. The Bertz CT molecular complexity index is 1340. The van der Waals surface area contributed by atoms with E-state index in [1.54, 1.807) is 0 Å². The van der Waals surface area contributed by atoms with Gasteiger partial charge in [0.25, 0.3) is 0 Å². The second-order valence-corrected chi connectivity index (χ2v) is 11.5. The second kappa shape index (κ2) is 10.4. The molecule has 1 fully saturated rings. The molecule has 0 saturated heterocycles. The molecule has 0 spiro atoms. The van der Waals surface area contributed by atoms with Crippen molar-refractivity contribution in [3.05, 3.63) is 77.6 Å². The maximum atomic E-state index is 11.5. The lowest BCUT2D eigenvalue weighted by Crippen LogP contribution is -2.30. The molecule has 5 rings (SSSR count). The van der Waals surface area contributed by atoms with Crippen LogP contribution in [0, 0.1) is 12.8 Å². The molecule has 0 radical (unpaired) electrons. The summed E-state index contributed by atoms with van der Waals surface area (Å²) in [6.07, 6.45) is 7.44. The maximum Gasteiger partial charge on any atom is 0.242 e. The molecule has 9 heteroatoms. The third-order valence-electron chi connectivity index (χ3n) is 6.86. The number of aryl methyl sites for hydroxylation is 1. The van der Waals surface area contributed by atoms with E-state index in [9.17, 15) is 8.42 Å². The minimum Gasteiger partial charge on any atom is -0.456 e. The lowest BCUT2D eigenvalue weighted by Gasteiger charge is -2.28. The number of pyridine rings is 1. The maximum absolute atomic E-state index is 11.5. The summed E-state index contributed by atoms with van der Waals surface area (Å²) in [5.74, 6) is 2.95. The molecule has 0 atom stereocenters. The number of hydrogen-bond acceptors (Lipinski definition) is 6. The standard InChI is InChI=1S/C27H32N4O4S/c1-19-7-6-10-23(30-19)24-17-28-26(22-13-11-21(12-14-22)16-29-36(2,32)33)31(24)27-25(34-18-35-27)15-20-8-4-3-5-9-20/h3-10,17,21-22,29H,11-16,18H2,1-2H3. The topological polar surface area (TPSA) is 95.3 Å². The van der Waals surface area contributed by atoms with Crippen molar-refractivity contribution in [2.45, 2.75) is 44.9 Å². The molecule has 1 N–H and O–H groups in total. The van der Waals surface area contributed by atoms with Crippen LogP contribution in [-0.2, 0) is 25.9 Å². The summed E-state index contributed by atoms with van der Waals surface area (Å²) in [6, 6.07) is 16.2. The van der Waals surface area contributed by atoms with Crippen molar-refractivity contribution in [1.82, 2.24) is 19.3 Å². The van der Waals surface area contributed by atoms with Crippen molar-refractivity contribution in [1.29, 1.82) is 0 Å². The lowest BCUT2D eigenvalue weighted by atomic mass is 9.81. The lowest BCUT2D eigenvalue weighted by molar-refractivity contribution is 0.0821. The Kier molecular flexibility index (Phi) is 7.11. The van der Waals surface area contributed by atoms with Gasteiger partial charge in [0.1, 0.15) is 5.82 Å². The van der Waals surface area contributed by atoms with Crippen LogP contribution in [0.15, 0.2) is 60.5 Å². The van der Waals surface area contributed by atoms with E-state index in [2.05, 4.69) is 21.4 Å². The van der Waals surface area contributed by atoms with Gasteiger partial charge < -0.3 is 9.47 Å². The summed E-state index contributed by atoms with van der Waals surface area (Å²) in [7, 11) is -3.18. The summed E-state index contributed by atoms with van der Waals surface area (Å²) in [4.78, 5) is 9.64. The van der Waals surface area contributed by atoms with Crippen molar-refractivity contribution in [3.63, 3.8) is 0 Å².